The highest BCUT2D eigenvalue weighted by Crippen LogP contribution is 2.14. The molecule has 3 aromatic rings. The number of anilines is 1. The third kappa shape index (κ3) is 5.85. The average molecular weight is 444 g/mol. The Kier molecular flexibility index (Phi) is 7.82. The summed E-state index contributed by atoms with van der Waals surface area (Å²) in [5.41, 5.74) is 8.77. The molecule has 4 N–H and O–H groups in total. The lowest BCUT2D eigenvalue weighted by atomic mass is 10.1. The summed E-state index contributed by atoms with van der Waals surface area (Å²) < 4.78 is 12.0. The number of aromatic amines is 2. The second-order valence-corrected chi connectivity index (χ2v) is 7.75. The molecule has 2 heterocycles. The fourth-order valence-corrected chi connectivity index (χ4v) is 3.41. The highest BCUT2D eigenvalue weighted by molar-refractivity contribution is 5.79. The SMILES string of the molecule is CCCCOc1nc(N)c2[nH]c(=O)n(CCN(C)Cc3cccc(CC(=O)OC)c3)c2[nH+]1. The van der Waals surface area contributed by atoms with Crippen molar-refractivity contribution >= 4 is 23.0 Å². The summed E-state index contributed by atoms with van der Waals surface area (Å²) in [5, 5.41) is 0. The van der Waals surface area contributed by atoms with E-state index in [1.807, 2.05) is 31.3 Å². The van der Waals surface area contributed by atoms with Crippen LogP contribution in [0, 0.1) is 0 Å². The predicted octanol–water partition coefficient (Wildman–Crippen LogP) is 1.15. The molecule has 32 heavy (non-hydrogen) atoms. The molecule has 0 aliphatic carbocycles. The Balaban J connectivity index is 1.69. The molecule has 1 aromatic carbocycles. The third-order valence-corrected chi connectivity index (χ3v) is 5.15. The summed E-state index contributed by atoms with van der Waals surface area (Å²) in [7, 11) is 3.36. The van der Waals surface area contributed by atoms with E-state index in [0.29, 0.717) is 43.4 Å². The number of aromatic nitrogens is 4. The number of imidazole rings is 1. The van der Waals surface area contributed by atoms with Crippen molar-refractivity contribution in [1.82, 2.24) is 19.4 Å². The van der Waals surface area contributed by atoms with E-state index >= 15 is 0 Å². The summed E-state index contributed by atoms with van der Waals surface area (Å²) in [6.07, 6.45) is 2.15. The van der Waals surface area contributed by atoms with Crippen LogP contribution in [0.2, 0.25) is 0 Å². The molecule has 0 aliphatic heterocycles. The minimum absolute atomic E-state index is 0.219. The first-order valence-corrected chi connectivity index (χ1v) is 10.7. The summed E-state index contributed by atoms with van der Waals surface area (Å²) in [6, 6.07) is 8.13. The van der Waals surface area contributed by atoms with E-state index in [9.17, 15) is 9.59 Å². The Bertz CT molecular complexity index is 1120. The normalized spacial score (nSPS) is 11.2. The van der Waals surface area contributed by atoms with E-state index in [0.717, 1.165) is 24.0 Å². The monoisotopic (exact) mass is 443 g/mol. The number of nitrogens with two attached hydrogens (primary N) is 1. The van der Waals surface area contributed by atoms with Crippen LogP contribution < -0.4 is 21.1 Å². The number of ether oxygens (including phenoxy) is 2. The lowest BCUT2D eigenvalue weighted by Crippen LogP contribution is -2.29. The van der Waals surface area contributed by atoms with Crippen LogP contribution in [-0.4, -0.2) is 52.7 Å². The van der Waals surface area contributed by atoms with Crippen LogP contribution in [0.15, 0.2) is 29.1 Å². The second-order valence-electron chi connectivity index (χ2n) is 7.75. The van der Waals surface area contributed by atoms with Gasteiger partial charge in [0.25, 0.3) is 5.65 Å². The van der Waals surface area contributed by atoms with Gasteiger partial charge < -0.3 is 15.2 Å². The first-order chi connectivity index (χ1) is 15.4. The van der Waals surface area contributed by atoms with Crippen molar-refractivity contribution in [2.24, 2.45) is 0 Å². The van der Waals surface area contributed by atoms with Crippen molar-refractivity contribution in [3.05, 3.63) is 45.9 Å². The molecule has 0 aliphatic rings. The van der Waals surface area contributed by atoms with Crippen LogP contribution in [0.1, 0.15) is 30.9 Å². The number of methoxy groups -OCH3 is 1. The Hall–Kier alpha value is -3.40. The van der Waals surface area contributed by atoms with Gasteiger partial charge in [0.15, 0.2) is 5.52 Å². The minimum Gasteiger partial charge on any atom is -0.469 e. The molecule has 0 saturated heterocycles. The average Bonchev–Trinajstić information content (AvgIpc) is 3.08. The largest absolute Gasteiger partial charge is 0.469 e. The molecular formula is C22H31N6O4+. The van der Waals surface area contributed by atoms with Crippen LogP contribution in [0.4, 0.5) is 5.82 Å². The zero-order valence-electron chi connectivity index (χ0n) is 18.8. The number of nitrogens with one attached hydrogen (secondary N) is 2. The number of fused-ring (bicyclic) bond motifs is 1. The van der Waals surface area contributed by atoms with E-state index in [1.54, 1.807) is 4.57 Å². The van der Waals surface area contributed by atoms with Crippen LogP contribution in [-0.2, 0) is 29.0 Å². The number of nitrogens with zero attached hydrogens (tertiary/aromatic N) is 3. The van der Waals surface area contributed by atoms with E-state index in [-0.39, 0.29) is 23.9 Å². The van der Waals surface area contributed by atoms with Gasteiger partial charge in [-0.05, 0) is 29.6 Å². The van der Waals surface area contributed by atoms with Crippen molar-refractivity contribution in [3.63, 3.8) is 0 Å². The number of carbonyl (C=O) groups excluding carboxylic acids is 1. The number of rotatable bonds is 11. The van der Waals surface area contributed by atoms with Gasteiger partial charge in [-0.2, -0.15) is 0 Å². The van der Waals surface area contributed by atoms with Crippen LogP contribution in [0.25, 0.3) is 11.2 Å². The molecule has 0 amide bonds. The highest BCUT2D eigenvalue weighted by atomic mass is 16.5. The number of likely N-dealkylation sites (N-methyl/N-ethyl adjacent to an activating group) is 1. The van der Waals surface area contributed by atoms with Gasteiger partial charge in [0, 0.05) is 13.1 Å². The lowest BCUT2D eigenvalue weighted by Gasteiger charge is -2.16. The maximum atomic E-state index is 12.5. The third-order valence-electron chi connectivity index (χ3n) is 5.15. The number of H-pyrrole nitrogens is 2. The quantitative estimate of drug-likeness (QED) is 0.336. The van der Waals surface area contributed by atoms with Gasteiger partial charge in [0.05, 0.1) is 26.7 Å². The Morgan fingerprint density at radius 1 is 1.34 bits per heavy atom. The van der Waals surface area contributed by atoms with Crippen LogP contribution in [0.3, 0.4) is 0 Å². The smallest absolute Gasteiger partial charge is 0.433 e. The first kappa shape index (κ1) is 23.3. The van der Waals surface area contributed by atoms with Gasteiger partial charge in [-0.15, -0.1) is 0 Å². The summed E-state index contributed by atoms with van der Waals surface area (Å²) in [4.78, 5) is 36.2. The summed E-state index contributed by atoms with van der Waals surface area (Å²) in [6.45, 7) is 4.35. The number of hydrogen-bond donors (Lipinski definition) is 2. The molecule has 2 aromatic heterocycles. The molecule has 0 radical (unpaired) electrons. The van der Waals surface area contributed by atoms with Crippen molar-refractivity contribution < 1.29 is 19.3 Å². The van der Waals surface area contributed by atoms with Gasteiger partial charge in [0.2, 0.25) is 5.82 Å². The predicted molar refractivity (Wildman–Crippen MR) is 120 cm³/mol. The van der Waals surface area contributed by atoms with Gasteiger partial charge in [-0.25, -0.2) is 14.3 Å². The van der Waals surface area contributed by atoms with E-state index in [1.165, 1.54) is 7.11 Å². The van der Waals surface area contributed by atoms with Gasteiger partial charge >= 0.3 is 17.7 Å². The number of esters is 1. The number of nitrogen functional groups attached to an aromatic ring is 1. The minimum atomic E-state index is -0.266. The van der Waals surface area contributed by atoms with Crippen molar-refractivity contribution in [2.45, 2.75) is 39.3 Å². The highest BCUT2D eigenvalue weighted by Gasteiger charge is 2.21. The molecule has 172 valence electrons. The van der Waals surface area contributed by atoms with Crippen LogP contribution >= 0.6 is 0 Å². The molecule has 10 heteroatoms. The maximum absolute atomic E-state index is 12.5. The number of unbranched alkanes of at least 4 members (excludes halogenated alkanes) is 1. The second kappa shape index (κ2) is 10.8. The molecule has 10 nitrogen and oxygen atoms in total. The van der Waals surface area contributed by atoms with Gasteiger partial charge in [0.1, 0.15) is 0 Å². The molecule has 3 rings (SSSR count). The fraction of sp³-hybridized carbons (Fsp3) is 0.455. The number of benzene rings is 1. The maximum Gasteiger partial charge on any atom is 0.433 e. The molecule has 0 bridgehead atoms. The van der Waals surface area contributed by atoms with Crippen LogP contribution in [0.5, 0.6) is 6.01 Å². The summed E-state index contributed by atoms with van der Waals surface area (Å²) >= 11 is 0. The van der Waals surface area contributed by atoms with Gasteiger partial charge in [-0.3, -0.25) is 14.7 Å². The molecule has 0 saturated carbocycles. The van der Waals surface area contributed by atoms with Crippen molar-refractivity contribution in [2.75, 3.05) is 33.0 Å². The zero-order valence-corrected chi connectivity index (χ0v) is 18.8. The van der Waals surface area contributed by atoms with Crippen molar-refractivity contribution in [3.8, 4) is 6.01 Å². The first-order valence-electron chi connectivity index (χ1n) is 10.7. The Morgan fingerprint density at radius 3 is 2.88 bits per heavy atom. The topological polar surface area (TPSA) is 130 Å². The zero-order chi connectivity index (χ0) is 23.1. The molecule has 0 atom stereocenters. The van der Waals surface area contributed by atoms with E-state index in [2.05, 4.69) is 26.8 Å². The molecule has 0 fully saturated rings. The van der Waals surface area contributed by atoms with Crippen molar-refractivity contribution in [1.29, 1.82) is 0 Å². The van der Waals surface area contributed by atoms with Gasteiger partial charge in [-0.1, -0.05) is 37.6 Å². The fourth-order valence-electron chi connectivity index (χ4n) is 3.41. The lowest BCUT2D eigenvalue weighted by molar-refractivity contribution is -0.372. The number of hydrogen-bond acceptors (Lipinski definition) is 7. The molecule has 0 unspecified atom stereocenters. The van der Waals surface area contributed by atoms with E-state index < -0.39 is 0 Å². The molecular weight excluding hydrogens is 412 g/mol. The Morgan fingerprint density at radius 2 is 2.12 bits per heavy atom. The van der Waals surface area contributed by atoms with E-state index in [4.69, 9.17) is 15.2 Å². The number of carbonyl (C=O) groups is 1. The standard InChI is InChI=1S/C22H30N6O4/c1-4-5-11-32-21-25-19(23)18-20(26-21)28(22(30)24-18)10-9-27(2)14-16-8-6-7-15(12-16)13-17(29)31-3/h6-8,12H,4-5,9-11,13-14H2,1-3H3,(H,24,30)(H2,23,25,26)/p+1. The Labute approximate surface area is 186 Å². The summed E-state index contributed by atoms with van der Waals surface area (Å²) in [5.74, 6) is -0.0471. The molecule has 0 spiro atoms.